The lowest BCUT2D eigenvalue weighted by Gasteiger charge is -2.12. The summed E-state index contributed by atoms with van der Waals surface area (Å²) in [6, 6.07) is 0.251. The zero-order valence-electron chi connectivity index (χ0n) is 8.51. The lowest BCUT2D eigenvalue weighted by Crippen LogP contribution is -2.34. The van der Waals surface area contributed by atoms with Gasteiger partial charge in [0.05, 0.1) is 12.8 Å². The lowest BCUT2D eigenvalue weighted by molar-refractivity contribution is -0.143. The van der Waals surface area contributed by atoms with Crippen molar-refractivity contribution in [3.63, 3.8) is 0 Å². The Morgan fingerprint density at radius 1 is 1.73 bits per heavy atom. The van der Waals surface area contributed by atoms with Gasteiger partial charge in [0.25, 0.3) is 5.56 Å². The number of ether oxygens (including phenoxy) is 1. The Kier molecular flexibility index (Phi) is 3.56. The van der Waals surface area contributed by atoms with E-state index in [-0.39, 0.29) is 6.61 Å². The summed E-state index contributed by atoms with van der Waals surface area (Å²) in [5.74, 6) is -1.14. The van der Waals surface area contributed by atoms with Gasteiger partial charge in [0.15, 0.2) is 6.04 Å². The minimum absolute atomic E-state index is 0.0920. The average Bonchev–Trinajstić information content (AvgIpc) is 2.15. The van der Waals surface area contributed by atoms with E-state index in [2.05, 4.69) is 5.10 Å². The summed E-state index contributed by atoms with van der Waals surface area (Å²) in [5.41, 5.74) is 0.247. The molecule has 0 aliphatic heterocycles. The number of rotatable bonds is 4. The number of carbonyl (C=O) groups is 1. The van der Waals surface area contributed by atoms with Crippen molar-refractivity contribution in [2.45, 2.75) is 13.0 Å². The van der Waals surface area contributed by atoms with Gasteiger partial charge in [-0.2, -0.15) is 5.10 Å². The molecule has 1 aromatic rings. The van der Waals surface area contributed by atoms with Gasteiger partial charge in [0.2, 0.25) is 0 Å². The van der Waals surface area contributed by atoms with Crippen molar-refractivity contribution in [3.8, 4) is 0 Å². The van der Waals surface area contributed by atoms with Gasteiger partial charge in [0.1, 0.15) is 0 Å². The van der Waals surface area contributed by atoms with Crippen LogP contribution in [-0.4, -0.2) is 34.6 Å². The molecular weight excluding hydrogens is 200 g/mol. The topological polar surface area (TPSA) is 81.4 Å². The number of nitrogens with zero attached hydrogens (tertiary/aromatic N) is 2. The summed E-state index contributed by atoms with van der Waals surface area (Å²) in [7, 11) is 1.37. The minimum Gasteiger partial charge on any atom is -0.480 e. The Bertz CT molecular complexity index is 413. The van der Waals surface area contributed by atoms with Gasteiger partial charge in [0, 0.05) is 13.2 Å². The maximum absolute atomic E-state index is 11.4. The zero-order valence-corrected chi connectivity index (χ0v) is 8.51. The Morgan fingerprint density at radius 2 is 2.40 bits per heavy atom. The van der Waals surface area contributed by atoms with Crippen LogP contribution in [0.5, 0.6) is 0 Å². The predicted molar refractivity (Wildman–Crippen MR) is 51.8 cm³/mol. The fourth-order valence-electron chi connectivity index (χ4n) is 1.15. The van der Waals surface area contributed by atoms with Gasteiger partial charge in [-0.1, -0.05) is 0 Å². The van der Waals surface area contributed by atoms with E-state index in [0.29, 0.717) is 5.56 Å². The van der Waals surface area contributed by atoms with Gasteiger partial charge in [-0.05, 0) is 12.5 Å². The monoisotopic (exact) mass is 212 g/mol. The summed E-state index contributed by atoms with van der Waals surface area (Å²) in [6.07, 6.45) is 1.44. The third-order valence-electron chi connectivity index (χ3n) is 1.87. The van der Waals surface area contributed by atoms with Crippen LogP contribution in [0.2, 0.25) is 0 Å². The smallest absolute Gasteiger partial charge is 0.331 e. The second kappa shape index (κ2) is 4.70. The Morgan fingerprint density at radius 3 is 2.87 bits per heavy atom. The van der Waals surface area contributed by atoms with Crippen LogP contribution >= 0.6 is 0 Å². The van der Waals surface area contributed by atoms with Crippen molar-refractivity contribution < 1.29 is 14.6 Å². The molecule has 0 bridgehead atoms. The number of hydrogen-bond donors (Lipinski definition) is 1. The highest BCUT2D eigenvalue weighted by molar-refractivity contribution is 5.71. The summed E-state index contributed by atoms with van der Waals surface area (Å²) >= 11 is 0. The summed E-state index contributed by atoms with van der Waals surface area (Å²) in [4.78, 5) is 22.3. The molecule has 6 heteroatoms. The standard InChI is InChI=1S/C9H12N2O4/c1-6-3-8(12)11(10-4-6)7(5-15-2)9(13)14/h3-4,7H,5H2,1-2H3,(H,13,14). The predicted octanol–water partition coefficient (Wildman–Crippen LogP) is -0.176. The fraction of sp³-hybridized carbons (Fsp3) is 0.444. The van der Waals surface area contributed by atoms with Gasteiger partial charge in [-0.15, -0.1) is 0 Å². The quantitative estimate of drug-likeness (QED) is 0.749. The molecule has 1 rings (SSSR count). The number of carboxylic acid groups (broad SMARTS) is 1. The van der Waals surface area contributed by atoms with Crippen molar-refractivity contribution in [1.82, 2.24) is 9.78 Å². The number of aryl methyl sites for hydroxylation is 1. The fourth-order valence-corrected chi connectivity index (χ4v) is 1.15. The molecule has 0 radical (unpaired) electrons. The number of hydrogen-bond acceptors (Lipinski definition) is 4. The van der Waals surface area contributed by atoms with E-state index in [9.17, 15) is 9.59 Å². The SMILES string of the molecule is COCC(C(=O)O)n1ncc(C)cc1=O. The summed E-state index contributed by atoms with van der Waals surface area (Å²) < 4.78 is 5.63. The number of carboxylic acids is 1. The van der Waals surface area contributed by atoms with Gasteiger partial charge < -0.3 is 9.84 Å². The molecule has 82 valence electrons. The molecule has 15 heavy (non-hydrogen) atoms. The first-order valence-corrected chi connectivity index (χ1v) is 4.33. The summed E-state index contributed by atoms with van der Waals surface area (Å²) in [5, 5.41) is 12.6. The average molecular weight is 212 g/mol. The van der Waals surface area contributed by atoms with Gasteiger partial charge >= 0.3 is 5.97 Å². The molecule has 6 nitrogen and oxygen atoms in total. The van der Waals surface area contributed by atoms with E-state index in [1.807, 2.05) is 0 Å². The van der Waals surface area contributed by atoms with E-state index in [4.69, 9.17) is 9.84 Å². The second-order valence-electron chi connectivity index (χ2n) is 3.13. The third-order valence-corrected chi connectivity index (χ3v) is 1.87. The number of aliphatic carboxylic acids is 1. The molecule has 0 aliphatic rings. The summed E-state index contributed by atoms with van der Waals surface area (Å²) in [6.45, 7) is 1.62. The molecule has 0 saturated carbocycles. The van der Waals surface area contributed by atoms with Crippen LogP contribution in [0.25, 0.3) is 0 Å². The molecule has 1 unspecified atom stereocenters. The van der Waals surface area contributed by atoms with Crippen LogP contribution in [0.1, 0.15) is 11.6 Å². The van der Waals surface area contributed by atoms with E-state index < -0.39 is 17.6 Å². The molecule has 0 amide bonds. The maximum atomic E-state index is 11.4. The highest BCUT2D eigenvalue weighted by Crippen LogP contribution is 2.02. The van der Waals surface area contributed by atoms with Crippen molar-refractivity contribution in [1.29, 1.82) is 0 Å². The van der Waals surface area contributed by atoms with Crippen LogP contribution in [-0.2, 0) is 9.53 Å². The first-order chi connectivity index (χ1) is 7.06. The highest BCUT2D eigenvalue weighted by atomic mass is 16.5. The molecule has 1 aromatic heterocycles. The first-order valence-electron chi connectivity index (χ1n) is 4.33. The normalized spacial score (nSPS) is 12.4. The van der Waals surface area contributed by atoms with Gasteiger partial charge in [-0.25, -0.2) is 9.48 Å². The van der Waals surface area contributed by atoms with E-state index in [0.717, 1.165) is 4.68 Å². The molecule has 0 spiro atoms. The number of aromatic nitrogens is 2. The van der Waals surface area contributed by atoms with Crippen molar-refractivity contribution >= 4 is 5.97 Å². The number of methoxy groups -OCH3 is 1. The molecule has 1 atom stereocenters. The Hall–Kier alpha value is -1.69. The maximum Gasteiger partial charge on any atom is 0.331 e. The van der Waals surface area contributed by atoms with Crippen molar-refractivity contribution in [2.24, 2.45) is 0 Å². The molecule has 0 aliphatic carbocycles. The largest absolute Gasteiger partial charge is 0.480 e. The third kappa shape index (κ3) is 2.63. The molecule has 0 fully saturated rings. The van der Waals surface area contributed by atoms with Crippen LogP contribution in [0.15, 0.2) is 17.1 Å². The van der Waals surface area contributed by atoms with Crippen LogP contribution in [0.3, 0.4) is 0 Å². The minimum atomic E-state index is -1.14. The first kappa shape index (κ1) is 11.4. The Balaban J connectivity index is 3.11. The lowest BCUT2D eigenvalue weighted by atomic mass is 10.3. The Labute approximate surface area is 86.1 Å². The second-order valence-corrected chi connectivity index (χ2v) is 3.13. The van der Waals surface area contributed by atoms with Crippen LogP contribution < -0.4 is 5.56 Å². The molecule has 0 aromatic carbocycles. The molecule has 1 N–H and O–H groups in total. The van der Waals surface area contributed by atoms with Crippen LogP contribution in [0.4, 0.5) is 0 Å². The molecular formula is C9H12N2O4. The molecule has 0 saturated heterocycles. The van der Waals surface area contributed by atoms with Crippen molar-refractivity contribution in [2.75, 3.05) is 13.7 Å². The van der Waals surface area contributed by atoms with E-state index in [1.54, 1.807) is 6.92 Å². The van der Waals surface area contributed by atoms with Gasteiger partial charge in [-0.3, -0.25) is 4.79 Å². The van der Waals surface area contributed by atoms with Crippen LogP contribution in [0, 0.1) is 6.92 Å². The van der Waals surface area contributed by atoms with E-state index >= 15 is 0 Å². The van der Waals surface area contributed by atoms with E-state index in [1.165, 1.54) is 19.4 Å². The highest BCUT2D eigenvalue weighted by Gasteiger charge is 2.21. The molecule has 1 heterocycles. The van der Waals surface area contributed by atoms with Crippen molar-refractivity contribution in [3.05, 3.63) is 28.2 Å². The zero-order chi connectivity index (χ0) is 11.4.